The summed E-state index contributed by atoms with van der Waals surface area (Å²) in [7, 11) is 0. The van der Waals surface area contributed by atoms with Gasteiger partial charge in [-0.1, -0.05) is 28.4 Å². The van der Waals surface area contributed by atoms with Crippen LogP contribution in [0, 0.1) is 13.8 Å². The highest BCUT2D eigenvalue weighted by Gasteiger charge is 2.14. The summed E-state index contributed by atoms with van der Waals surface area (Å²) in [4.78, 5) is 25.3. The number of fused-ring (bicyclic) bond motifs is 1. The quantitative estimate of drug-likeness (QED) is 0.407. The van der Waals surface area contributed by atoms with Gasteiger partial charge in [-0.3, -0.25) is 5.32 Å². The van der Waals surface area contributed by atoms with Crippen molar-refractivity contribution in [2.75, 3.05) is 10.6 Å². The zero-order chi connectivity index (χ0) is 21.4. The number of phenolic OH excluding ortho intramolecular Hbond substituents is 1. The first-order chi connectivity index (χ1) is 14.3. The Morgan fingerprint density at radius 2 is 1.83 bits per heavy atom. The maximum Gasteiger partial charge on any atom is 0.325 e. The minimum Gasteiger partial charge on any atom is -0.505 e. The van der Waals surface area contributed by atoms with E-state index in [-0.39, 0.29) is 21.6 Å². The van der Waals surface area contributed by atoms with Gasteiger partial charge in [-0.25, -0.2) is 19.7 Å². The minimum atomic E-state index is -0.522. The maximum absolute atomic E-state index is 12.3. The van der Waals surface area contributed by atoms with Crippen LogP contribution in [-0.4, -0.2) is 31.2 Å². The number of hydrogen-bond acceptors (Lipinski definition) is 7. The van der Waals surface area contributed by atoms with E-state index in [9.17, 15) is 9.90 Å². The fourth-order valence-corrected chi connectivity index (χ4v) is 3.24. The standard InChI is InChI=1S/C19H14Cl2N6O3/c1-8-16(9(2)30-27-8)26-19(29)25-15-7-22-14-4-3-13(23-18(14)24-15)10-5-11(20)17(28)12(21)6-10/h3-7,28H,1-2H3,(H2,23,24,25,26,29). The van der Waals surface area contributed by atoms with Crippen LogP contribution < -0.4 is 10.6 Å². The molecule has 4 rings (SSSR count). The Bertz CT molecular complexity index is 1250. The maximum atomic E-state index is 12.3. The minimum absolute atomic E-state index is 0.108. The molecule has 0 aliphatic carbocycles. The van der Waals surface area contributed by atoms with Gasteiger partial charge in [0.05, 0.1) is 21.9 Å². The third kappa shape index (κ3) is 3.85. The number of halogens is 2. The van der Waals surface area contributed by atoms with Gasteiger partial charge < -0.3 is 14.9 Å². The molecule has 11 heteroatoms. The molecular weight excluding hydrogens is 431 g/mol. The number of aromatic hydroxyl groups is 1. The summed E-state index contributed by atoms with van der Waals surface area (Å²) >= 11 is 12.0. The topological polar surface area (TPSA) is 126 Å². The zero-order valence-corrected chi connectivity index (χ0v) is 17.2. The molecular formula is C19H14Cl2N6O3. The molecule has 3 heterocycles. The average Bonchev–Trinajstić information content (AvgIpc) is 3.03. The van der Waals surface area contributed by atoms with Crippen molar-refractivity contribution in [2.45, 2.75) is 13.8 Å². The van der Waals surface area contributed by atoms with E-state index in [0.717, 1.165) is 0 Å². The number of urea groups is 1. The van der Waals surface area contributed by atoms with E-state index in [1.54, 1.807) is 38.1 Å². The Hall–Kier alpha value is -3.43. The lowest BCUT2D eigenvalue weighted by molar-refractivity contribution is 0.262. The van der Waals surface area contributed by atoms with Gasteiger partial charge in [-0.15, -0.1) is 0 Å². The van der Waals surface area contributed by atoms with E-state index in [0.29, 0.717) is 39.6 Å². The fourth-order valence-electron chi connectivity index (χ4n) is 2.75. The molecule has 9 nitrogen and oxygen atoms in total. The van der Waals surface area contributed by atoms with Gasteiger partial charge in [0, 0.05) is 5.56 Å². The van der Waals surface area contributed by atoms with E-state index in [1.807, 2.05) is 0 Å². The van der Waals surface area contributed by atoms with Crippen molar-refractivity contribution in [2.24, 2.45) is 0 Å². The molecule has 4 aromatic rings. The van der Waals surface area contributed by atoms with Crippen molar-refractivity contribution in [3.05, 3.63) is 52.0 Å². The summed E-state index contributed by atoms with van der Waals surface area (Å²) in [6, 6.07) is 6.03. The summed E-state index contributed by atoms with van der Waals surface area (Å²) in [6.07, 6.45) is 1.42. The largest absolute Gasteiger partial charge is 0.505 e. The van der Waals surface area contributed by atoms with E-state index in [2.05, 4.69) is 30.7 Å². The molecule has 30 heavy (non-hydrogen) atoms. The number of nitrogens with zero attached hydrogens (tertiary/aromatic N) is 4. The van der Waals surface area contributed by atoms with Crippen molar-refractivity contribution in [1.29, 1.82) is 0 Å². The lowest BCUT2D eigenvalue weighted by atomic mass is 10.1. The molecule has 0 saturated heterocycles. The summed E-state index contributed by atoms with van der Waals surface area (Å²) in [5.41, 5.74) is 3.01. The van der Waals surface area contributed by atoms with Crippen LogP contribution in [0.1, 0.15) is 11.5 Å². The molecule has 0 aliphatic rings. The van der Waals surface area contributed by atoms with Crippen LogP contribution in [0.2, 0.25) is 10.0 Å². The molecule has 1 aromatic carbocycles. The molecule has 0 unspecified atom stereocenters. The van der Waals surface area contributed by atoms with Gasteiger partial charge >= 0.3 is 6.03 Å². The number of pyridine rings is 1. The predicted octanol–water partition coefficient (Wildman–Crippen LogP) is 4.95. The highest BCUT2D eigenvalue weighted by Crippen LogP contribution is 2.36. The molecule has 0 bridgehead atoms. The van der Waals surface area contributed by atoms with Crippen molar-refractivity contribution < 1.29 is 14.4 Å². The van der Waals surface area contributed by atoms with Crippen molar-refractivity contribution in [3.63, 3.8) is 0 Å². The molecule has 152 valence electrons. The van der Waals surface area contributed by atoms with Crippen LogP contribution >= 0.6 is 23.2 Å². The van der Waals surface area contributed by atoms with Crippen LogP contribution in [0.15, 0.2) is 35.0 Å². The van der Waals surface area contributed by atoms with E-state index < -0.39 is 6.03 Å². The number of nitrogens with one attached hydrogen (secondary N) is 2. The molecule has 2 amide bonds. The molecule has 0 radical (unpaired) electrons. The zero-order valence-electron chi connectivity index (χ0n) is 15.7. The Morgan fingerprint density at radius 1 is 1.10 bits per heavy atom. The number of carbonyl (C=O) groups excluding carboxylic acids is 1. The van der Waals surface area contributed by atoms with E-state index in [1.165, 1.54) is 6.20 Å². The summed E-state index contributed by atoms with van der Waals surface area (Å²) in [5, 5.41) is 19.0. The third-order valence-electron chi connectivity index (χ3n) is 4.23. The van der Waals surface area contributed by atoms with Gasteiger partial charge in [0.15, 0.2) is 23.0 Å². The van der Waals surface area contributed by atoms with Crippen LogP contribution in [0.5, 0.6) is 5.75 Å². The molecule has 0 fully saturated rings. The normalized spacial score (nSPS) is 10.9. The van der Waals surface area contributed by atoms with Gasteiger partial charge in [-0.2, -0.15) is 0 Å². The first kappa shape index (κ1) is 19.9. The number of aryl methyl sites for hydroxylation is 2. The number of anilines is 2. The summed E-state index contributed by atoms with van der Waals surface area (Å²) < 4.78 is 5.02. The molecule has 3 aromatic heterocycles. The molecule has 0 spiro atoms. The number of hydrogen-bond donors (Lipinski definition) is 3. The van der Waals surface area contributed by atoms with Crippen molar-refractivity contribution in [1.82, 2.24) is 20.1 Å². The average molecular weight is 445 g/mol. The Kier molecular flexibility index (Phi) is 5.15. The highest BCUT2D eigenvalue weighted by atomic mass is 35.5. The Balaban J connectivity index is 1.61. The van der Waals surface area contributed by atoms with Crippen molar-refractivity contribution in [3.8, 4) is 17.0 Å². The van der Waals surface area contributed by atoms with Gasteiger partial charge in [0.2, 0.25) is 0 Å². The van der Waals surface area contributed by atoms with Gasteiger partial charge in [0.25, 0.3) is 0 Å². The molecule has 0 aliphatic heterocycles. The van der Waals surface area contributed by atoms with Crippen LogP contribution in [0.4, 0.5) is 16.3 Å². The van der Waals surface area contributed by atoms with E-state index in [4.69, 9.17) is 27.7 Å². The van der Waals surface area contributed by atoms with Crippen LogP contribution in [0.25, 0.3) is 22.4 Å². The fraction of sp³-hybridized carbons (Fsp3) is 0.105. The lowest BCUT2D eigenvalue weighted by Gasteiger charge is -2.08. The first-order valence-electron chi connectivity index (χ1n) is 8.65. The number of benzene rings is 1. The molecule has 0 atom stereocenters. The number of phenols is 1. The SMILES string of the molecule is Cc1noc(C)c1NC(=O)Nc1cnc2ccc(-c3cc(Cl)c(O)c(Cl)c3)nc2n1. The second-order valence-corrected chi connectivity index (χ2v) is 7.18. The highest BCUT2D eigenvalue weighted by molar-refractivity contribution is 6.37. The number of aromatic nitrogens is 4. The Labute approximate surface area is 180 Å². The first-order valence-corrected chi connectivity index (χ1v) is 9.40. The number of rotatable bonds is 3. The second kappa shape index (κ2) is 7.77. The van der Waals surface area contributed by atoms with Crippen LogP contribution in [0.3, 0.4) is 0 Å². The van der Waals surface area contributed by atoms with Crippen molar-refractivity contribution >= 4 is 51.9 Å². The number of amides is 2. The smallest absolute Gasteiger partial charge is 0.325 e. The monoisotopic (exact) mass is 444 g/mol. The molecule has 0 saturated carbocycles. The third-order valence-corrected chi connectivity index (χ3v) is 4.81. The summed E-state index contributed by atoms with van der Waals surface area (Å²) in [5.74, 6) is 0.501. The van der Waals surface area contributed by atoms with Gasteiger partial charge in [-0.05, 0) is 38.1 Å². The lowest BCUT2D eigenvalue weighted by Crippen LogP contribution is -2.21. The predicted molar refractivity (Wildman–Crippen MR) is 113 cm³/mol. The second-order valence-electron chi connectivity index (χ2n) is 6.36. The summed E-state index contributed by atoms with van der Waals surface area (Å²) in [6.45, 7) is 3.41. The van der Waals surface area contributed by atoms with E-state index >= 15 is 0 Å². The Morgan fingerprint density at radius 3 is 2.50 bits per heavy atom. The van der Waals surface area contributed by atoms with Gasteiger partial charge in [0.1, 0.15) is 16.9 Å². The molecule has 3 N–H and O–H groups in total. The van der Waals surface area contributed by atoms with Crippen LogP contribution in [-0.2, 0) is 0 Å². The number of carbonyl (C=O) groups is 1.